The van der Waals surface area contributed by atoms with E-state index in [1.165, 1.54) is 57.8 Å². The van der Waals surface area contributed by atoms with Crippen molar-refractivity contribution in [3.8, 4) is 0 Å². The van der Waals surface area contributed by atoms with Gasteiger partial charge in [0.2, 0.25) is 0 Å². The Kier molecular flexibility index (Phi) is 7.69. The van der Waals surface area contributed by atoms with Crippen molar-refractivity contribution in [3.63, 3.8) is 0 Å². The third-order valence-electron chi connectivity index (χ3n) is 12.3. The van der Waals surface area contributed by atoms with E-state index in [9.17, 15) is 4.79 Å². The van der Waals surface area contributed by atoms with Crippen LogP contribution in [-0.2, 0) is 4.74 Å². The molecule has 9 atom stereocenters. The number of ether oxygens (including phenoxy) is 1. The number of fused-ring (bicyclic) bond motifs is 5. The highest BCUT2D eigenvalue weighted by Crippen LogP contribution is 2.67. The van der Waals surface area contributed by atoms with Crippen LogP contribution in [0.5, 0.6) is 0 Å². The highest BCUT2D eigenvalue weighted by molar-refractivity contribution is 5.89. The van der Waals surface area contributed by atoms with Crippen LogP contribution < -0.4 is 0 Å². The van der Waals surface area contributed by atoms with Gasteiger partial charge in [-0.15, -0.1) is 0 Å². The van der Waals surface area contributed by atoms with Crippen molar-refractivity contribution in [2.24, 2.45) is 52.3 Å². The predicted octanol–water partition coefficient (Wildman–Crippen LogP) is 9.50. The number of carbonyl (C=O) groups excluding carboxylic acids is 1. The molecule has 4 aliphatic carbocycles. The zero-order valence-electron chi connectivity index (χ0n) is 24.5. The van der Waals surface area contributed by atoms with Gasteiger partial charge in [0.15, 0.2) is 0 Å². The van der Waals surface area contributed by atoms with Crippen LogP contribution in [0.25, 0.3) is 0 Å². The lowest BCUT2D eigenvalue weighted by Crippen LogP contribution is -2.51. The second-order valence-electron chi connectivity index (χ2n) is 14.4. The molecule has 3 fully saturated rings. The summed E-state index contributed by atoms with van der Waals surface area (Å²) in [6, 6.07) is 9.47. The Morgan fingerprint density at radius 3 is 2.41 bits per heavy atom. The first-order valence-corrected chi connectivity index (χ1v) is 15.6. The number of rotatable bonds is 7. The molecule has 1 aromatic carbocycles. The number of carbonyl (C=O) groups is 1. The fourth-order valence-corrected chi connectivity index (χ4v) is 9.60. The summed E-state index contributed by atoms with van der Waals surface area (Å²) in [4.78, 5) is 12.7. The Morgan fingerprint density at radius 2 is 1.68 bits per heavy atom. The summed E-state index contributed by atoms with van der Waals surface area (Å²) in [5, 5.41) is 0. The van der Waals surface area contributed by atoms with Gasteiger partial charge in [0.05, 0.1) is 5.56 Å². The highest BCUT2D eigenvalue weighted by Gasteiger charge is 2.59. The molecular formula is C35H52O2. The van der Waals surface area contributed by atoms with Crippen molar-refractivity contribution in [2.75, 3.05) is 0 Å². The summed E-state index contributed by atoms with van der Waals surface area (Å²) in [6.07, 6.45) is 15.5. The van der Waals surface area contributed by atoms with Gasteiger partial charge in [-0.1, -0.05) is 78.2 Å². The van der Waals surface area contributed by atoms with Crippen molar-refractivity contribution in [2.45, 2.75) is 112 Å². The standard InChI is InChI=1S/C35H52O2/c1-23(2)24(3)12-13-25(4)30-16-17-31-29-15-14-27-22-28(37-33(36)26-10-8-7-9-11-26)18-20-34(27,5)32(29)19-21-35(30,31)6/h7-11,22-25,28-32H,12-21H2,1-6H3/t24-,25+,28+,29-,30+,31-,32-,34-,35+/m0/s1. The number of hydrogen-bond donors (Lipinski definition) is 0. The summed E-state index contributed by atoms with van der Waals surface area (Å²) < 4.78 is 5.97. The largest absolute Gasteiger partial charge is 0.455 e. The summed E-state index contributed by atoms with van der Waals surface area (Å²) in [5.74, 6) is 5.84. The van der Waals surface area contributed by atoms with E-state index in [1.807, 2.05) is 30.3 Å². The minimum atomic E-state index is -0.179. The fourth-order valence-electron chi connectivity index (χ4n) is 9.60. The molecule has 2 nitrogen and oxygen atoms in total. The smallest absolute Gasteiger partial charge is 0.338 e. The average Bonchev–Trinajstić information content (AvgIpc) is 3.25. The van der Waals surface area contributed by atoms with Crippen LogP contribution in [0, 0.1) is 52.3 Å². The molecule has 204 valence electrons. The van der Waals surface area contributed by atoms with Crippen molar-refractivity contribution in [1.82, 2.24) is 0 Å². The molecule has 5 rings (SSSR count). The lowest BCUT2D eigenvalue weighted by atomic mass is 9.46. The Morgan fingerprint density at radius 1 is 0.919 bits per heavy atom. The van der Waals surface area contributed by atoms with E-state index in [0.29, 0.717) is 16.4 Å². The van der Waals surface area contributed by atoms with Gasteiger partial charge in [0, 0.05) is 0 Å². The quantitative estimate of drug-likeness (QED) is 0.273. The molecule has 0 saturated heterocycles. The van der Waals surface area contributed by atoms with Crippen LogP contribution >= 0.6 is 0 Å². The minimum absolute atomic E-state index is 0.0638. The molecule has 0 unspecified atom stereocenters. The van der Waals surface area contributed by atoms with E-state index in [0.717, 1.165) is 47.8 Å². The van der Waals surface area contributed by atoms with E-state index in [4.69, 9.17) is 4.74 Å². The number of allylic oxidation sites excluding steroid dienone is 1. The molecular weight excluding hydrogens is 452 g/mol. The van der Waals surface area contributed by atoms with Crippen molar-refractivity contribution < 1.29 is 9.53 Å². The first-order chi connectivity index (χ1) is 17.6. The number of esters is 1. The van der Waals surface area contributed by atoms with Crippen LogP contribution in [0.15, 0.2) is 42.0 Å². The van der Waals surface area contributed by atoms with Gasteiger partial charge in [-0.05, 0) is 122 Å². The number of benzene rings is 1. The fraction of sp³-hybridized carbons (Fsp3) is 0.743. The molecule has 0 heterocycles. The maximum absolute atomic E-state index is 12.7. The molecule has 3 saturated carbocycles. The van der Waals surface area contributed by atoms with Crippen LogP contribution in [-0.4, -0.2) is 12.1 Å². The van der Waals surface area contributed by atoms with Crippen molar-refractivity contribution in [3.05, 3.63) is 47.5 Å². The molecule has 0 N–H and O–H groups in total. The molecule has 0 amide bonds. The molecule has 0 spiro atoms. The Balaban J connectivity index is 1.26. The molecule has 0 bridgehead atoms. The van der Waals surface area contributed by atoms with E-state index < -0.39 is 0 Å². The second-order valence-corrected chi connectivity index (χ2v) is 14.4. The van der Waals surface area contributed by atoms with Gasteiger partial charge in [-0.2, -0.15) is 0 Å². The Labute approximate surface area is 227 Å². The first-order valence-electron chi connectivity index (χ1n) is 15.6. The molecule has 2 heteroatoms. The maximum atomic E-state index is 12.7. The van der Waals surface area contributed by atoms with Crippen LogP contribution in [0.4, 0.5) is 0 Å². The average molecular weight is 505 g/mol. The lowest BCUT2D eigenvalue weighted by molar-refractivity contribution is -0.0637. The van der Waals surface area contributed by atoms with Gasteiger partial charge in [-0.3, -0.25) is 0 Å². The van der Waals surface area contributed by atoms with Crippen LogP contribution in [0.2, 0.25) is 0 Å². The molecule has 0 aliphatic heterocycles. The normalized spacial score (nSPS) is 38.7. The monoisotopic (exact) mass is 504 g/mol. The highest BCUT2D eigenvalue weighted by atomic mass is 16.5. The minimum Gasteiger partial charge on any atom is -0.455 e. The second kappa shape index (κ2) is 10.5. The summed E-state index contributed by atoms with van der Waals surface area (Å²) in [7, 11) is 0. The molecule has 0 radical (unpaired) electrons. The van der Waals surface area contributed by atoms with E-state index in [1.54, 1.807) is 5.57 Å². The number of hydrogen-bond acceptors (Lipinski definition) is 2. The van der Waals surface area contributed by atoms with Crippen molar-refractivity contribution >= 4 is 5.97 Å². The van der Waals surface area contributed by atoms with E-state index in [-0.39, 0.29) is 12.1 Å². The topological polar surface area (TPSA) is 26.3 Å². The zero-order chi connectivity index (χ0) is 26.4. The Hall–Kier alpha value is -1.57. The van der Waals surface area contributed by atoms with Gasteiger partial charge in [0.25, 0.3) is 0 Å². The summed E-state index contributed by atoms with van der Waals surface area (Å²) >= 11 is 0. The van der Waals surface area contributed by atoms with Gasteiger partial charge < -0.3 is 4.74 Å². The van der Waals surface area contributed by atoms with Crippen LogP contribution in [0.3, 0.4) is 0 Å². The van der Waals surface area contributed by atoms with Crippen molar-refractivity contribution in [1.29, 1.82) is 0 Å². The molecule has 0 aromatic heterocycles. The third-order valence-corrected chi connectivity index (χ3v) is 12.3. The zero-order valence-corrected chi connectivity index (χ0v) is 24.5. The molecule has 1 aromatic rings. The first kappa shape index (κ1) is 27.0. The van der Waals surface area contributed by atoms with Crippen LogP contribution in [0.1, 0.15) is 116 Å². The summed E-state index contributed by atoms with van der Waals surface area (Å²) in [6.45, 7) is 15.1. The maximum Gasteiger partial charge on any atom is 0.338 e. The summed E-state index contributed by atoms with van der Waals surface area (Å²) in [5.41, 5.74) is 3.10. The van der Waals surface area contributed by atoms with Gasteiger partial charge in [0.1, 0.15) is 6.10 Å². The molecule has 37 heavy (non-hydrogen) atoms. The predicted molar refractivity (Wildman–Crippen MR) is 153 cm³/mol. The van der Waals surface area contributed by atoms with Gasteiger partial charge >= 0.3 is 5.97 Å². The molecule has 4 aliphatic rings. The Bertz CT molecular complexity index is 978. The van der Waals surface area contributed by atoms with E-state index in [2.05, 4.69) is 47.6 Å². The van der Waals surface area contributed by atoms with Gasteiger partial charge in [-0.25, -0.2) is 4.79 Å². The van der Waals surface area contributed by atoms with E-state index >= 15 is 0 Å². The SMILES string of the molecule is CC(C)[C@@H](C)CC[C@@H](C)[C@H]1CC[C@H]2[C@@H]3CCC4=C[C@H](OC(=O)c5ccccc5)CC[C@]4(C)[C@H]3CC[C@]12C. The lowest BCUT2D eigenvalue weighted by Gasteiger charge is -2.59. The third kappa shape index (κ3) is 4.96.